The second-order valence-corrected chi connectivity index (χ2v) is 10.4. The first-order valence-electron chi connectivity index (χ1n) is 10.9. The van der Waals surface area contributed by atoms with E-state index in [4.69, 9.17) is 0 Å². The normalized spacial score (nSPS) is 14.9. The van der Waals surface area contributed by atoms with Crippen molar-refractivity contribution in [2.45, 2.75) is 38.5 Å². The maximum Gasteiger partial charge on any atom is 0.261 e. The monoisotopic (exact) mass is 457 g/mol. The van der Waals surface area contributed by atoms with Gasteiger partial charge in [0, 0.05) is 36.8 Å². The largest absolute Gasteiger partial charge is 0.356 e. The Morgan fingerprint density at radius 2 is 1.72 bits per heavy atom. The summed E-state index contributed by atoms with van der Waals surface area (Å²) in [6.07, 6.45) is 1.24. The van der Waals surface area contributed by atoms with E-state index in [1.165, 1.54) is 0 Å². The molecule has 2 aromatic rings. The van der Waals surface area contributed by atoms with Gasteiger partial charge in [-0.3, -0.25) is 14.3 Å². The molecule has 32 heavy (non-hydrogen) atoms. The molecule has 1 aliphatic heterocycles. The topological polar surface area (TPSA) is 95.6 Å². The Balaban J connectivity index is 1.62. The number of piperidine rings is 1. The Labute approximate surface area is 190 Å². The second kappa shape index (κ2) is 10.2. The van der Waals surface area contributed by atoms with Crippen molar-refractivity contribution in [3.05, 3.63) is 59.7 Å². The van der Waals surface area contributed by atoms with Crippen LogP contribution in [0.5, 0.6) is 0 Å². The maximum absolute atomic E-state index is 13.0. The Kier molecular flexibility index (Phi) is 7.56. The number of likely N-dealkylation sites (tertiary alicyclic amines) is 1. The van der Waals surface area contributed by atoms with Crippen LogP contribution in [0.25, 0.3) is 0 Å². The van der Waals surface area contributed by atoms with Crippen molar-refractivity contribution in [1.82, 2.24) is 10.2 Å². The van der Waals surface area contributed by atoms with Gasteiger partial charge in [0.2, 0.25) is 5.91 Å². The molecule has 0 saturated carbocycles. The van der Waals surface area contributed by atoms with Gasteiger partial charge in [0.05, 0.1) is 4.90 Å². The highest BCUT2D eigenvalue weighted by Gasteiger charge is 2.28. The van der Waals surface area contributed by atoms with Crippen LogP contribution in [-0.4, -0.2) is 44.8 Å². The van der Waals surface area contributed by atoms with E-state index < -0.39 is 10.0 Å². The van der Waals surface area contributed by atoms with Crippen LogP contribution < -0.4 is 10.0 Å². The number of rotatable bonds is 7. The summed E-state index contributed by atoms with van der Waals surface area (Å²) in [6, 6.07) is 13.1. The molecule has 0 radical (unpaired) electrons. The summed E-state index contributed by atoms with van der Waals surface area (Å²) in [5.74, 6) is 0.211. The lowest BCUT2D eigenvalue weighted by Crippen LogP contribution is -2.43. The van der Waals surface area contributed by atoms with Crippen molar-refractivity contribution < 1.29 is 18.0 Å². The highest BCUT2D eigenvalue weighted by atomic mass is 32.2. The lowest BCUT2D eigenvalue weighted by Gasteiger charge is -2.31. The van der Waals surface area contributed by atoms with Crippen molar-refractivity contribution >= 4 is 27.5 Å². The quantitative estimate of drug-likeness (QED) is 0.666. The Morgan fingerprint density at radius 3 is 2.34 bits per heavy atom. The van der Waals surface area contributed by atoms with E-state index in [-0.39, 0.29) is 22.6 Å². The molecule has 0 aromatic heterocycles. The number of nitrogens with one attached hydrogen (secondary N) is 2. The molecule has 0 bridgehead atoms. The van der Waals surface area contributed by atoms with Gasteiger partial charge < -0.3 is 10.2 Å². The van der Waals surface area contributed by atoms with Crippen LogP contribution in [0.1, 0.15) is 42.6 Å². The zero-order valence-electron chi connectivity index (χ0n) is 18.8. The van der Waals surface area contributed by atoms with Crippen LogP contribution >= 0.6 is 0 Å². The van der Waals surface area contributed by atoms with Gasteiger partial charge in [0.25, 0.3) is 15.9 Å². The zero-order valence-corrected chi connectivity index (χ0v) is 19.6. The van der Waals surface area contributed by atoms with Crippen molar-refractivity contribution in [3.63, 3.8) is 0 Å². The van der Waals surface area contributed by atoms with E-state index in [9.17, 15) is 18.0 Å². The fourth-order valence-electron chi connectivity index (χ4n) is 3.62. The van der Waals surface area contributed by atoms with Crippen LogP contribution in [0.3, 0.4) is 0 Å². The zero-order chi connectivity index (χ0) is 23.3. The summed E-state index contributed by atoms with van der Waals surface area (Å²) in [4.78, 5) is 27.1. The van der Waals surface area contributed by atoms with E-state index in [0.717, 1.165) is 5.56 Å². The number of anilines is 1. The SMILES string of the molecule is Cc1ccc(S(=O)(=O)Nc2cccc(C(=O)N3CCC(C(=O)NCC(C)C)CC3)c2)cc1. The molecule has 8 heteroatoms. The number of aryl methyl sites for hydroxylation is 1. The number of hydrogen-bond acceptors (Lipinski definition) is 4. The number of sulfonamides is 1. The van der Waals surface area contributed by atoms with Gasteiger partial charge in [0.15, 0.2) is 0 Å². The molecule has 2 N–H and O–H groups in total. The van der Waals surface area contributed by atoms with Gasteiger partial charge in [-0.05, 0) is 56.0 Å². The van der Waals surface area contributed by atoms with Gasteiger partial charge in [-0.15, -0.1) is 0 Å². The number of benzene rings is 2. The van der Waals surface area contributed by atoms with E-state index in [2.05, 4.69) is 23.9 Å². The van der Waals surface area contributed by atoms with Crippen molar-refractivity contribution in [3.8, 4) is 0 Å². The van der Waals surface area contributed by atoms with Crippen LogP contribution in [0, 0.1) is 18.8 Å². The van der Waals surface area contributed by atoms with Gasteiger partial charge in [-0.1, -0.05) is 37.6 Å². The molecular formula is C24H31N3O4S. The third-order valence-electron chi connectivity index (χ3n) is 5.53. The van der Waals surface area contributed by atoms with Gasteiger partial charge in [-0.25, -0.2) is 8.42 Å². The average Bonchev–Trinajstić information content (AvgIpc) is 2.77. The molecule has 0 unspecified atom stereocenters. The number of hydrogen-bond donors (Lipinski definition) is 2. The predicted octanol–water partition coefficient (Wildman–Crippen LogP) is 3.42. The first kappa shape index (κ1) is 23.8. The first-order chi connectivity index (χ1) is 15.2. The van der Waals surface area contributed by atoms with Crippen LogP contribution in [-0.2, 0) is 14.8 Å². The number of amides is 2. The molecular weight excluding hydrogens is 426 g/mol. The molecule has 1 fully saturated rings. The maximum atomic E-state index is 13.0. The molecule has 3 rings (SSSR count). The Bertz CT molecular complexity index is 1060. The van der Waals surface area contributed by atoms with Gasteiger partial charge in [-0.2, -0.15) is 0 Å². The van der Waals surface area contributed by atoms with Crippen LogP contribution in [0.2, 0.25) is 0 Å². The molecule has 0 spiro atoms. The number of carbonyl (C=O) groups excluding carboxylic acids is 2. The molecule has 172 valence electrons. The first-order valence-corrected chi connectivity index (χ1v) is 12.4. The Morgan fingerprint density at radius 1 is 1.06 bits per heavy atom. The van der Waals surface area contributed by atoms with E-state index in [1.54, 1.807) is 53.4 Å². The molecule has 1 saturated heterocycles. The summed E-state index contributed by atoms with van der Waals surface area (Å²) < 4.78 is 27.8. The molecule has 2 aromatic carbocycles. The summed E-state index contributed by atoms with van der Waals surface area (Å²) in [5.41, 5.74) is 1.72. The molecule has 7 nitrogen and oxygen atoms in total. The van der Waals surface area contributed by atoms with Gasteiger partial charge in [0.1, 0.15) is 0 Å². The molecule has 1 aliphatic rings. The van der Waals surface area contributed by atoms with Crippen LogP contribution in [0.4, 0.5) is 5.69 Å². The summed E-state index contributed by atoms with van der Waals surface area (Å²) in [5, 5.41) is 2.97. The third-order valence-corrected chi connectivity index (χ3v) is 6.93. The number of nitrogens with zero attached hydrogens (tertiary/aromatic N) is 1. The smallest absolute Gasteiger partial charge is 0.261 e. The predicted molar refractivity (Wildman–Crippen MR) is 125 cm³/mol. The summed E-state index contributed by atoms with van der Waals surface area (Å²) in [6.45, 7) is 7.64. The van der Waals surface area contributed by atoms with Crippen molar-refractivity contribution in [2.24, 2.45) is 11.8 Å². The molecule has 2 amide bonds. The molecule has 0 atom stereocenters. The van der Waals surface area contributed by atoms with E-state index in [0.29, 0.717) is 49.6 Å². The fraction of sp³-hybridized carbons (Fsp3) is 0.417. The lowest BCUT2D eigenvalue weighted by atomic mass is 9.95. The lowest BCUT2D eigenvalue weighted by molar-refractivity contribution is -0.126. The standard InChI is InChI=1S/C24H31N3O4S/c1-17(2)16-25-23(28)19-11-13-27(14-12-19)24(29)20-5-4-6-21(15-20)26-32(30,31)22-9-7-18(3)8-10-22/h4-10,15,17,19,26H,11-14,16H2,1-3H3,(H,25,28). The van der Waals surface area contributed by atoms with E-state index >= 15 is 0 Å². The summed E-state index contributed by atoms with van der Waals surface area (Å²) >= 11 is 0. The minimum Gasteiger partial charge on any atom is -0.356 e. The van der Waals surface area contributed by atoms with E-state index in [1.807, 2.05) is 6.92 Å². The highest BCUT2D eigenvalue weighted by molar-refractivity contribution is 7.92. The average molecular weight is 458 g/mol. The minimum absolute atomic E-state index is 0.0540. The fourth-order valence-corrected chi connectivity index (χ4v) is 4.67. The summed E-state index contributed by atoms with van der Waals surface area (Å²) in [7, 11) is -3.75. The third kappa shape index (κ3) is 6.09. The second-order valence-electron chi connectivity index (χ2n) is 8.70. The number of carbonyl (C=O) groups is 2. The van der Waals surface area contributed by atoms with Crippen LogP contribution in [0.15, 0.2) is 53.4 Å². The molecule has 0 aliphatic carbocycles. The highest BCUT2D eigenvalue weighted by Crippen LogP contribution is 2.22. The van der Waals surface area contributed by atoms with Crippen molar-refractivity contribution in [2.75, 3.05) is 24.4 Å². The molecule has 1 heterocycles. The Hall–Kier alpha value is -2.87. The minimum atomic E-state index is -3.75. The van der Waals surface area contributed by atoms with Crippen molar-refractivity contribution in [1.29, 1.82) is 0 Å². The van der Waals surface area contributed by atoms with Gasteiger partial charge >= 0.3 is 0 Å².